The van der Waals surface area contributed by atoms with Crippen molar-refractivity contribution in [2.75, 3.05) is 20.6 Å². The molecular weight excluding hydrogens is 336 g/mol. The highest BCUT2D eigenvalue weighted by Gasteiger charge is 2.07. The molecule has 0 aliphatic carbocycles. The number of rotatable bonds is 3. The van der Waals surface area contributed by atoms with E-state index in [4.69, 9.17) is 0 Å². The number of carbonyl (C=O) groups is 2. The van der Waals surface area contributed by atoms with Gasteiger partial charge in [0.1, 0.15) is 0 Å². The van der Waals surface area contributed by atoms with Gasteiger partial charge in [-0.3, -0.25) is 9.59 Å². The first-order valence-electron chi connectivity index (χ1n) is 8.62. The third-order valence-electron chi connectivity index (χ3n) is 4.12. The summed E-state index contributed by atoms with van der Waals surface area (Å²) in [5.41, 5.74) is 2.03. The van der Waals surface area contributed by atoms with E-state index in [-0.39, 0.29) is 18.4 Å². The summed E-state index contributed by atoms with van der Waals surface area (Å²) in [5.74, 6) is 5.73. The maximum absolute atomic E-state index is 12.3. The monoisotopic (exact) mass is 356 g/mol. The van der Waals surface area contributed by atoms with Crippen LogP contribution >= 0.6 is 0 Å². The first-order chi connectivity index (χ1) is 13.0. The maximum atomic E-state index is 12.3. The normalized spacial score (nSPS) is 10.0. The minimum absolute atomic E-state index is 0.0443. The molecule has 134 valence electrons. The van der Waals surface area contributed by atoms with Crippen LogP contribution in [0, 0.1) is 11.8 Å². The standard InChI is InChI=1S/C23H20N2O2/c1-25(2)23(27)19-11-9-17(10-12-19)6-5-15-24-22(26)21-14-13-18-7-3-4-8-20(18)16-21/h3-4,7-14,16H,15H2,1-2H3,(H,24,26). The lowest BCUT2D eigenvalue weighted by Crippen LogP contribution is -2.23. The molecule has 3 aromatic rings. The Morgan fingerprint density at radius 1 is 0.889 bits per heavy atom. The quantitative estimate of drug-likeness (QED) is 0.732. The highest BCUT2D eigenvalue weighted by molar-refractivity contribution is 5.98. The van der Waals surface area contributed by atoms with Gasteiger partial charge in [-0.15, -0.1) is 0 Å². The molecule has 0 saturated carbocycles. The van der Waals surface area contributed by atoms with Crippen LogP contribution in [0.4, 0.5) is 0 Å². The van der Waals surface area contributed by atoms with Gasteiger partial charge in [0.05, 0.1) is 6.54 Å². The van der Waals surface area contributed by atoms with E-state index in [0.29, 0.717) is 11.1 Å². The number of fused-ring (bicyclic) bond motifs is 1. The molecule has 0 fully saturated rings. The summed E-state index contributed by atoms with van der Waals surface area (Å²) >= 11 is 0. The van der Waals surface area contributed by atoms with Crippen LogP contribution in [0.3, 0.4) is 0 Å². The molecule has 1 N–H and O–H groups in total. The average molecular weight is 356 g/mol. The molecule has 0 aliphatic rings. The summed E-state index contributed by atoms with van der Waals surface area (Å²) in [6.07, 6.45) is 0. The first-order valence-corrected chi connectivity index (χ1v) is 8.62. The second kappa shape index (κ2) is 8.20. The van der Waals surface area contributed by atoms with Crippen LogP contribution < -0.4 is 5.32 Å². The van der Waals surface area contributed by atoms with Crippen molar-refractivity contribution in [3.05, 3.63) is 83.4 Å². The van der Waals surface area contributed by atoms with Gasteiger partial charge in [-0.2, -0.15) is 0 Å². The van der Waals surface area contributed by atoms with Crippen molar-refractivity contribution >= 4 is 22.6 Å². The van der Waals surface area contributed by atoms with Crippen LogP contribution in [-0.4, -0.2) is 37.4 Å². The van der Waals surface area contributed by atoms with Gasteiger partial charge in [-0.1, -0.05) is 42.2 Å². The first kappa shape index (κ1) is 18.2. The second-order valence-corrected chi connectivity index (χ2v) is 6.32. The third kappa shape index (κ3) is 4.53. The minimum Gasteiger partial charge on any atom is -0.345 e. The fourth-order valence-electron chi connectivity index (χ4n) is 2.66. The smallest absolute Gasteiger partial charge is 0.253 e. The Kier molecular flexibility index (Phi) is 5.53. The number of amides is 2. The predicted octanol–water partition coefficient (Wildman–Crippen LogP) is 3.32. The summed E-state index contributed by atoms with van der Waals surface area (Å²) in [5, 5.41) is 4.94. The lowest BCUT2D eigenvalue weighted by Gasteiger charge is -2.09. The van der Waals surface area contributed by atoms with Gasteiger partial charge in [-0.25, -0.2) is 0 Å². The largest absolute Gasteiger partial charge is 0.345 e. The molecule has 4 heteroatoms. The molecule has 27 heavy (non-hydrogen) atoms. The Bertz CT molecular complexity index is 1040. The Morgan fingerprint density at radius 3 is 2.26 bits per heavy atom. The van der Waals surface area contributed by atoms with Crippen molar-refractivity contribution in [2.45, 2.75) is 0 Å². The Morgan fingerprint density at radius 2 is 1.56 bits per heavy atom. The summed E-state index contributed by atoms with van der Waals surface area (Å²) in [4.78, 5) is 25.6. The van der Waals surface area contributed by atoms with E-state index in [1.807, 2.05) is 42.5 Å². The van der Waals surface area contributed by atoms with E-state index < -0.39 is 0 Å². The fourth-order valence-corrected chi connectivity index (χ4v) is 2.66. The van der Waals surface area contributed by atoms with Crippen LogP contribution in [0.25, 0.3) is 10.8 Å². The lowest BCUT2D eigenvalue weighted by molar-refractivity contribution is 0.0827. The molecule has 2 amide bonds. The number of hydrogen-bond donors (Lipinski definition) is 1. The molecule has 0 bridgehead atoms. The number of hydrogen-bond acceptors (Lipinski definition) is 2. The summed E-state index contributed by atoms with van der Waals surface area (Å²) < 4.78 is 0. The molecule has 0 unspecified atom stereocenters. The highest BCUT2D eigenvalue weighted by Crippen LogP contribution is 2.15. The van der Waals surface area contributed by atoms with Crippen LogP contribution in [0.1, 0.15) is 26.3 Å². The van der Waals surface area contributed by atoms with E-state index in [1.54, 1.807) is 38.4 Å². The van der Waals surface area contributed by atoms with Gasteiger partial charge in [0.15, 0.2) is 0 Å². The molecule has 0 aromatic heterocycles. The van der Waals surface area contributed by atoms with E-state index in [9.17, 15) is 9.59 Å². The van der Waals surface area contributed by atoms with Crippen molar-refractivity contribution in [1.29, 1.82) is 0 Å². The maximum Gasteiger partial charge on any atom is 0.253 e. The zero-order valence-corrected chi connectivity index (χ0v) is 15.3. The van der Waals surface area contributed by atoms with Crippen LogP contribution in [0.5, 0.6) is 0 Å². The van der Waals surface area contributed by atoms with Gasteiger partial charge < -0.3 is 10.2 Å². The van der Waals surface area contributed by atoms with E-state index in [1.165, 1.54) is 4.90 Å². The van der Waals surface area contributed by atoms with Crippen LogP contribution in [0.2, 0.25) is 0 Å². The number of nitrogens with one attached hydrogen (secondary N) is 1. The van der Waals surface area contributed by atoms with E-state index in [0.717, 1.165) is 16.3 Å². The van der Waals surface area contributed by atoms with Crippen molar-refractivity contribution in [3.63, 3.8) is 0 Å². The van der Waals surface area contributed by atoms with Crippen molar-refractivity contribution in [3.8, 4) is 11.8 Å². The molecule has 0 aliphatic heterocycles. The van der Waals surface area contributed by atoms with Gasteiger partial charge in [0.2, 0.25) is 0 Å². The average Bonchev–Trinajstić information content (AvgIpc) is 2.70. The molecule has 3 rings (SSSR count). The molecule has 3 aromatic carbocycles. The van der Waals surface area contributed by atoms with Gasteiger partial charge in [0.25, 0.3) is 11.8 Å². The number of nitrogens with zero attached hydrogens (tertiary/aromatic N) is 1. The summed E-state index contributed by atoms with van der Waals surface area (Å²) in [6, 6.07) is 20.6. The fraction of sp³-hybridized carbons (Fsp3) is 0.130. The molecule has 0 radical (unpaired) electrons. The summed E-state index contributed by atoms with van der Waals surface area (Å²) in [6.45, 7) is 0.254. The molecule has 0 saturated heterocycles. The second-order valence-electron chi connectivity index (χ2n) is 6.32. The molecule has 0 atom stereocenters. The van der Waals surface area contributed by atoms with Crippen LogP contribution in [0.15, 0.2) is 66.7 Å². The summed E-state index contributed by atoms with van der Waals surface area (Å²) in [7, 11) is 3.43. The highest BCUT2D eigenvalue weighted by atomic mass is 16.2. The van der Waals surface area contributed by atoms with Gasteiger partial charge in [-0.05, 0) is 47.2 Å². The zero-order chi connectivity index (χ0) is 19.2. The molecule has 0 heterocycles. The molecular formula is C23H20N2O2. The number of benzene rings is 3. The Hall–Kier alpha value is -3.58. The van der Waals surface area contributed by atoms with Crippen molar-refractivity contribution in [2.24, 2.45) is 0 Å². The van der Waals surface area contributed by atoms with E-state index in [2.05, 4.69) is 17.2 Å². The SMILES string of the molecule is CN(C)C(=O)c1ccc(C#CCNC(=O)c2ccc3ccccc3c2)cc1. The predicted molar refractivity (Wildman–Crippen MR) is 108 cm³/mol. The van der Waals surface area contributed by atoms with Gasteiger partial charge >= 0.3 is 0 Å². The van der Waals surface area contributed by atoms with E-state index >= 15 is 0 Å². The zero-order valence-electron chi connectivity index (χ0n) is 15.3. The number of carbonyl (C=O) groups excluding carboxylic acids is 2. The lowest BCUT2D eigenvalue weighted by atomic mass is 10.1. The minimum atomic E-state index is -0.151. The topological polar surface area (TPSA) is 49.4 Å². The Labute approximate surface area is 158 Å². The molecule has 4 nitrogen and oxygen atoms in total. The molecule has 0 spiro atoms. The van der Waals surface area contributed by atoms with Crippen LogP contribution in [-0.2, 0) is 0 Å². The third-order valence-corrected chi connectivity index (χ3v) is 4.12. The van der Waals surface area contributed by atoms with Gasteiger partial charge in [0, 0.05) is 30.8 Å². The Balaban J connectivity index is 1.59. The van der Waals surface area contributed by atoms with Crippen molar-refractivity contribution < 1.29 is 9.59 Å². The van der Waals surface area contributed by atoms with Crippen molar-refractivity contribution in [1.82, 2.24) is 10.2 Å².